The van der Waals surface area contributed by atoms with Crippen molar-refractivity contribution in [2.45, 2.75) is 12.0 Å². The Morgan fingerprint density at radius 2 is 1.86 bits per heavy atom. The van der Waals surface area contributed by atoms with E-state index in [1.165, 1.54) is 4.90 Å². The maximum atomic E-state index is 13.2. The summed E-state index contributed by atoms with van der Waals surface area (Å²) in [5.41, 5.74) is 4.13. The van der Waals surface area contributed by atoms with Gasteiger partial charge in [0.1, 0.15) is 11.7 Å². The van der Waals surface area contributed by atoms with Gasteiger partial charge >= 0.3 is 0 Å². The number of aromatic amines is 1. The van der Waals surface area contributed by atoms with Gasteiger partial charge in [0.15, 0.2) is 5.75 Å². The number of halogens is 1. The van der Waals surface area contributed by atoms with Crippen LogP contribution in [0.4, 0.5) is 0 Å². The van der Waals surface area contributed by atoms with Crippen LogP contribution in [0.15, 0.2) is 42.5 Å². The number of amides is 2. The van der Waals surface area contributed by atoms with Crippen molar-refractivity contribution in [1.29, 1.82) is 0 Å². The number of methoxy groups -OCH3 is 1. The first kappa shape index (κ1) is 16.7. The molecule has 0 radical (unpaired) electrons. The second-order valence-corrected chi connectivity index (χ2v) is 7.97. The van der Waals surface area contributed by atoms with Crippen LogP contribution in [0.2, 0.25) is 5.02 Å². The van der Waals surface area contributed by atoms with E-state index in [1.54, 1.807) is 14.2 Å². The zero-order valence-corrected chi connectivity index (χ0v) is 16.4. The van der Waals surface area contributed by atoms with Gasteiger partial charge in [-0.25, -0.2) is 0 Å². The Hall–Kier alpha value is -3.25. The van der Waals surface area contributed by atoms with E-state index in [9.17, 15) is 9.59 Å². The van der Waals surface area contributed by atoms with Gasteiger partial charge in [0.05, 0.1) is 24.2 Å². The number of benzene rings is 2. The van der Waals surface area contributed by atoms with Gasteiger partial charge in [0.25, 0.3) is 5.91 Å². The summed E-state index contributed by atoms with van der Waals surface area (Å²) in [5.74, 6) is -0.341. The Labute approximate surface area is 170 Å². The molecule has 29 heavy (non-hydrogen) atoms. The number of likely N-dealkylation sites (tertiary alicyclic amines) is 1. The van der Waals surface area contributed by atoms with Crippen LogP contribution in [0.5, 0.6) is 5.75 Å². The van der Waals surface area contributed by atoms with Crippen LogP contribution in [0.1, 0.15) is 17.5 Å². The minimum Gasteiger partial charge on any atom is -0.494 e. The van der Waals surface area contributed by atoms with Crippen LogP contribution in [0, 0.1) is 0 Å². The predicted octanol–water partition coefficient (Wildman–Crippen LogP) is 4.09. The van der Waals surface area contributed by atoms with E-state index in [0.29, 0.717) is 10.8 Å². The van der Waals surface area contributed by atoms with Crippen LogP contribution in [0.3, 0.4) is 0 Å². The van der Waals surface area contributed by atoms with Crippen molar-refractivity contribution in [3.05, 3.63) is 53.1 Å². The second-order valence-electron chi connectivity index (χ2n) is 7.53. The molecule has 2 aliphatic heterocycles. The van der Waals surface area contributed by atoms with Crippen molar-refractivity contribution in [2.24, 2.45) is 0 Å². The van der Waals surface area contributed by atoms with Crippen LogP contribution < -0.4 is 4.74 Å². The van der Waals surface area contributed by atoms with Crippen molar-refractivity contribution >= 4 is 45.2 Å². The topological polar surface area (TPSA) is 67.3 Å². The third-order valence-electron chi connectivity index (χ3n) is 6.19. The maximum Gasteiger partial charge on any atom is 0.253 e. The van der Waals surface area contributed by atoms with E-state index in [4.69, 9.17) is 16.3 Å². The minimum atomic E-state index is -0.651. The predicted molar refractivity (Wildman–Crippen MR) is 110 cm³/mol. The summed E-state index contributed by atoms with van der Waals surface area (Å²) >= 11 is 6.27. The van der Waals surface area contributed by atoms with Crippen molar-refractivity contribution in [3.8, 4) is 17.1 Å². The summed E-state index contributed by atoms with van der Waals surface area (Å²) in [6.07, 6.45) is 0. The Kier molecular flexibility index (Phi) is 3.12. The Morgan fingerprint density at radius 1 is 1.07 bits per heavy atom. The van der Waals surface area contributed by atoms with E-state index in [-0.39, 0.29) is 11.8 Å². The average Bonchev–Trinajstić information content (AvgIpc) is 3.32. The second kappa shape index (κ2) is 5.42. The number of ether oxygens (including phenoxy) is 1. The van der Waals surface area contributed by atoms with Crippen LogP contribution in [0.25, 0.3) is 33.2 Å². The molecule has 2 amide bonds. The average molecular weight is 406 g/mol. The third-order valence-corrected chi connectivity index (χ3v) is 6.43. The Morgan fingerprint density at radius 3 is 2.66 bits per heavy atom. The van der Waals surface area contributed by atoms with Crippen molar-refractivity contribution < 1.29 is 14.3 Å². The van der Waals surface area contributed by atoms with Gasteiger partial charge in [-0.05, 0) is 30.3 Å². The largest absolute Gasteiger partial charge is 0.494 e. The van der Waals surface area contributed by atoms with E-state index in [1.807, 2.05) is 47.0 Å². The number of fused-ring (bicyclic) bond motifs is 10. The highest BCUT2D eigenvalue weighted by Gasteiger charge is 2.53. The summed E-state index contributed by atoms with van der Waals surface area (Å²) < 4.78 is 7.76. The molecule has 2 aliphatic rings. The Balaban J connectivity index is 1.84. The molecule has 2 aromatic heterocycles. The normalized spacial score (nSPS) is 20.3. The fourth-order valence-electron chi connectivity index (χ4n) is 4.99. The summed E-state index contributed by atoms with van der Waals surface area (Å²) in [7, 11) is 3.18. The van der Waals surface area contributed by atoms with E-state index in [2.05, 4.69) is 4.98 Å². The number of nitrogens with zero attached hydrogens (tertiary/aromatic N) is 2. The number of para-hydroxylation sites is 1. The molecule has 6 rings (SSSR count). The molecule has 7 heteroatoms. The maximum absolute atomic E-state index is 13.2. The van der Waals surface area contributed by atoms with E-state index >= 15 is 0 Å². The van der Waals surface area contributed by atoms with Gasteiger partial charge in [0, 0.05) is 33.9 Å². The summed E-state index contributed by atoms with van der Waals surface area (Å²) in [5, 5.41) is 2.35. The Bertz CT molecular complexity index is 1380. The van der Waals surface area contributed by atoms with Crippen LogP contribution >= 0.6 is 11.6 Å². The smallest absolute Gasteiger partial charge is 0.253 e. The molecule has 0 aliphatic carbocycles. The fraction of sp³-hybridized carbons (Fsp3) is 0.182. The molecule has 1 saturated heterocycles. The van der Waals surface area contributed by atoms with Gasteiger partial charge in [-0.3, -0.25) is 14.5 Å². The van der Waals surface area contributed by atoms with Gasteiger partial charge in [-0.15, -0.1) is 0 Å². The number of likely N-dealkylation sites (N-methyl/N-ethyl adjacent to an activating group) is 1. The fourth-order valence-corrected chi connectivity index (χ4v) is 5.16. The SMILES string of the molecule is COc1c2n(c3ccccc13)C1C(=O)N(C)C(=O)C1c1c-2[nH]c2ccc(Cl)cc12. The highest BCUT2D eigenvalue weighted by Crippen LogP contribution is 2.55. The molecule has 144 valence electrons. The molecule has 6 nitrogen and oxygen atoms in total. The molecule has 0 spiro atoms. The minimum absolute atomic E-state index is 0.204. The van der Waals surface area contributed by atoms with Crippen molar-refractivity contribution in [1.82, 2.24) is 14.5 Å². The third kappa shape index (κ3) is 1.87. The lowest BCUT2D eigenvalue weighted by Gasteiger charge is -2.27. The monoisotopic (exact) mass is 405 g/mol. The summed E-state index contributed by atoms with van der Waals surface area (Å²) in [6.45, 7) is 0. The molecule has 0 saturated carbocycles. The molecule has 2 atom stereocenters. The van der Waals surface area contributed by atoms with Crippen molar-refractivity contribution in [3.63, 3.8) is 0 Å². The lowest BCUT2D eigenvalue weighted by molar-refractivity contribution is -0.137. The number of nitrogens with one attached hydrogen (secondary N) is 1. The number of hydrogen-bond acceptors (Lipinski definition) is 3. The lowest BCUT2D eigenvalue weighted by Crippen LogP contribution is -2.27. The number of carbonyl (C=O) groups is 2. The first-order valence-corrected chi connectivity index (χ1v) is 9.70. The number of aromatic nitrogens is 2. The number of H-pyrrole nitrogens is 1. The number of imide groups is 1. The molecular weight excluding hydrogens is 390 g/mol. The standard InChI is InChI=1S/C22H16ClN3O3/c1-25-21(27)16-15-12-9-10(23)7-8-13(12)24-17(15)19-20(29-2)11-5-3-4-6-14(11)26(19)18(16)22(25)28/h3-9,16,18,24H,1-2H3. The van der Waals surface area contributed by atoms with Crippen molar-refractivity contribution in [2.75, 3.05) is 14.2 Å². The van der Waals surface area contributed by atoms with E-state index in [0.717, 1.165) is 38.8 Å². The zero-order valence-electron chi connectivity index (χ0n) is 15.7. The first-order chi connectivity index (χ1) is 14.0. The number of rotatable bonds is 1. The molecule has 1 N–H and O–H groups in total. The van der Waals surface area contributed by atoms with Gasteiger partial charge in [-0.1, -0.05) is 23.7 Å². The van der Waals surface area contributed by atoms with Crippen LogP contribution in [-0.2, 0) is 9.59 Å². The molecular formula is C22H16ClN3O3. The molecule has 0 bridgehead atoms. The molecule has 1 fully saturated rings. The molecule has 4 heterocycles. The zero-order chi connectivity index (χ0) is 20.0. The van der Waals surface area contributed by atoms with Crippen LogP contribution in [-0.4, -0.2) is 40.4 Å². The first-order valence-electron chi connectivity index (χ1n) is 9.32. The highest BCUT2D eigenvalue weighted by atomic mass is 35.5. The lowest BCUT2D eigenvalue weighted by atomic mass is 9.86. The highest BCUT2D eigenvalue weighted by molar-refractivity contribution is 6.31. The van der Waals surface area contributed by atoms with E-state index < -0.39 is 12.0 Å². The summed E-state index contributed by atoms with van der Waals surface area (Å²) in [4.78, 5) is 31.1. The molecule has 2 aromatic carbocycles. The van der Waals surface area contributed by atoms with Gasteiger partial charge in [0.2, 0.25) is 5.91 Å². The quantitative estimate of drug-likeness (QED) is 0.485. The number of hydrogen-bond donors (Lipinski definition) is 1. The van der Waals surface area contributed by atoms with Gasteiger partial charge in [-0.2, -0.15) is 0 Å². The molecule has 2 unspecified atom stereocenters. The molecule has 4 aromatic rings. The summed E-state index contributed by atoms with van der Waals surface area (Å²) in [6, 6.07) is 12.7. The number of carbonyl (C=O) groups excluding carboxylic acids is 2. The van der Waals surface area contributed by atoms with Gasteiger partial charge < -0.3 is 14.3 Å².